The van der Waals surface area contributed by atoms with Crippen molar-refractivity contribution in [2.75, 3.05) is 38.6 Å². The maximum Gasteiger partial charge on any atom is 0.147 e. The van der Waals surface area contributed by atoms with Crippen molar-refractivity contribution < 1.29 is 0 Å². The van der Waals surface area contributed by atoms with Gasteiger partial charge in [0.2, 0.25) is 0 Å². The molecule has 1 aromatic heterocycles. The normalized spacial score (nSPS) is 17.5. The Labute approximate surface area is 122 Å². The molecule has 0 radical (unpaired) electrons. The van der Waals surface area contributed by atoms with Crippen LogP contribution in [0.4, 0.5) is 5.82 Å². The molecule has 2 rings (SSSR count). The molecule has 2 heterocycles. The Bertz CT molecular complexity index is 403. The van der Waals surface area contributed by atoms with Crippen LogP contribution < -0.4 is 4.90 Å². The summed E-state index contributed by atoms with van der Waals surface area (Å²) >= 11 is 9.63. The average Bonchev–Trinajstić information content (AvgIpc) is 2.30. The Morgan fingerprint density at radius 2 is 2.11 bits per heavy atom. The third kappa shape index (κ3) is 3.59. The molecule has 1 aliphatic heterocycles. The molecule has 0 aliphatic carbocycles. The summed E-state index contributed by atoms with van der Waals surface area (Å²) in [5, 5.41) is 0.732. The van der Waals surface area contributed by atoms with Crippen molar-refractivity contribution in [2.45, 2.75) is 12.8 Å². The topological polar surface area (TPSA) is 19.4 Å². The van der Waals surface area contributed by atoms with Gasteiger partial charge in [0.25, 0.3) is 0 Å². The third-order valence-corrected chi connectivity index (χ3v) is 4.04. The lowest BCUT2D eigenvalue weighted by molar-refractivity contribution is 0.284. The summed E-state index contributed by atoms with van der Waals surface area (Å²) in [5.74, 6) is 1.72. The molecule has 0 amide bonds. The summed E-state index contributed by atoms with van der Waals surface area (Å²) < 4.78 is 0.929. The number of rotatable bonds is 3. The van der Waals surface area contributed by atoms with Crippen LogP contribution in [0.15, 0.2) is 16.7 Å². The van der Waals surface area contributed by atoms with Crippen LogP contribution in [0.3, 0.4) is 0 Å². The van der Waals surface area contributed by atoms with Gasteiger partial charge in [-0.1, -0.05) is 11.6 Å². The number of piperidine rings is 1. The minimum Gasteiger partial charge on any atom is -0.355 e. The predicted molar refractivity (Wildman–Crippen MR) is 80.4 cm³/mol. The largest absolute Gasteiger partial charge is 0.355 e. The van der Waals surface area contributed by atoms with E-state index in [9.17, 15) is 0 Å². The summed E-state index contributed by atoms with van der Waals surface area (Å²) in [6.07, 6.45) is 4.24. The maximum atomic E-state index is 6.24. The van der Waals surface area contributed by atoms with Crippen molar-refractivity contribution in [3.05, 3.63) is 21.8 Å². The zero-order valence-corrected chi connectivity index (χ0v) is 13.2. The lowest BCUT2D eigenvalue weighted by atomic mass is 9.96. The zero-order valence-electron chi connectivity index (χ0n) is 10.9. The highest BCUT2D eigenvalue weighted by molar-refractivity contribution is 9.10. The number of hydrogen-bond donors (Lipinski definition) is 0. The summed E-state index contributed by atoms with van der Waals surface area (Å²) in [5.41, 5.74) is 0. The van der Waals surface area contributed by atoms with E-state index in [-0.39, 0.29) is 0 Å². The van der Waals surface area contributed by atoms with E-state index in [0.29, 0.717) is 0 Å². The zero-order chi connectivity index (χ0) is 13.1. The molecule has 1 saturated heterocycles. The number of pyridine rings is 1. The van der Waals surface area contributed by atoms with Gasteiger partial charge < -0.3 is 9.80 Å². The van der Waals surface area contributed by atoms with Crippen LogP contribution in [0.2, 0.25) is 5.02 Å². The molecular formula is C13H19BrClN3. The summed E-state index contributed by atoms with van der Waals surface area (Å²) in [4.78, 5) is 8.99. The molecular weight excluding hydrogens is 314 g/mol. The van der Waals surface area contributed by atoms with Crippen molar-refractivity contribution in [3.63, 3.8) is 0 Å². The van der Waals surface area contributed by atoms with Gasteiger partial charge in [-0.2, -0.15) is 0 Å². The lowest BCUT2D eigenvalue weighted by Gasteiger charge is -2.34. The van der Waals surface area contributed by atoms with Crippen molar-refractivity contribution in [2.24, 2.45) is 5.92 Å². The molecule has 1 aliphatic rings. The van der Waals surface area contributed by atoms with Crippen LogP contribution in [0.5, 0.6) is 0 Å². The quantitative estimate of drug-likeness (QED) is 0.847. The highest BCUT2D eigenvalue weighted by Crippen LogP contribution is 2.29. The van der Waals surface area contributed by atoms with Gasteiger partial charge in [-0.05, 0) is 54.9 Å². The van der Waals surface area contributed by atoms with E-state index in [4.69, 9.17) is 11.6 Å². The van der Waals surface area contributed by atoms with Crippen LogP contribution in [0.1, 0.15) is 12.8 Å². The summed E-state index contributed by atoms with van der Waals surface area (Å²) in [6, 6.07) is 1.91. The lowest BCUT2D eigenvalue weighted by Crippen LogP contribution is -2.37. The van der Waals surface area contributed by atoms with Gasteiger partial charge in [0.1, 0.15) is 5.82 Å². The van der Waals surface area contributed by atoms with E-state index in [1.54, 1.807) is 0 Å². The molecule has 100 valence electrons. The molecule has 0 aromatic carbocycles. The van der Waals surface area contributed by atoms with E-state index in [0.717, 1.165) is 34.3 Å². The number of anilines is 1. The molecule has 1 aromatic rings. The fourth-order valence-corrected chi connectivity index (χ4v) is 3.23. The molecule has 1 fully saturated rings. The van der Waals surface area contributed by atoms with Crippen molar-refractivity contribution in [1.29, 1.82) is 0 Å². The van der Waals surface area contributed by atoms with E-state index in [1.165, 1.54) is 19.4 Å². The van der Waals surface area contributed by atoms with Crippen LogP contribution in [-0.2, 0) is 0 Å². The molecule has 5 heteroatoms. The van der Waals surface area contributed by atoms with Gasteiger partial charge >= 0.3 is 0 Å². The Morgan fingerprint density at radius 3 is 2.67 bits per heavy atom. The van der Waals surface area contributed by atoms with Crippen LogP contribution in [0, 0.1) is 5.92 Å². The SMILES string of the molecule is CN(C)CC1CCN(c2ncc(Br)cc2Cl)CC1. The van der Waals surface area contributed by atoms with Crippen LogP contribution in [0.25, 0.3) is 0 Å². The highest BCUT2D eigenvalue weighted by atomic mass is 79.9. The van der Waals surface area contributed by atoms with Gasteiger partial charge in [-0.3, -0.25) is 0 Å². The molecule has 0 N–H and O–H groups in total. The van der Waals surface area contributed by atoms with Crippen LogP contribution in [-0.4, -0.2) is 43.6 Å². The summed E-state index contributed by atoms with van der Waals surface area (Å²) in [7, 11) is 4.28. The minimum atomic E-state index is 0.732. The Hall–Kier alpha value is -0.320. The molecule has 0 unspecified atom stereocenters. The van der Waals surface area contributed by atoms with Gasteiger partial charge in [0, 0.05) is 30.3 Å². The first-order valence-electron chi connectivity index (χ1n) is 6.27. The first kappa shape index (κ1) is 14.1. The van der Waals surface area contributed by atoms with Crippen LogP contribution >= 0.6 is 27.5 Å². The minimum absolute atomic E-state index is 0.732. The van der Waals surface area contributed by atoms with E-state index in [1.807, 2.05) is 12.3 Å². The second-order valence-electron chi connectivity index (χ2n) is 5.15. The van der Waals surface area contributed by atoms with Gasteiger partial charge in [-0.15, -0.1) is 0 Å². The Kier molecular flexibility index (Phi) is 4.87. The average molecular weight is 333 g/mol. The number of hydrogen-bond acceptors (Lipinski definition) is 3. The maximum absolute atomic E-state index is 6.24. The molecule has 18 heavy (non-hydrogen) atoms. The van der Waals surface area contributed by atoms with Crippen molar-refractivity contribution >= 4 is 33.3 Å². The van der Waals surface area contributed by atoms with E-state index < -0.39 is 0 Å². The first-order valence-corrected chi connectivity index (χ1v) is 7.44. The number of nitrogens with zero attached hydrogens (tertiary/aromatic N) is 3. The summed E-state index contributed by atoms with van der Waals surface area (Å²) in [6.45, 7) is 3.27. The molecule has 0 saturated carbocycles. The standard InChI is InChI=1S/C13H19BrClN3/c1-17(2)9-10-3-5-18(6-4-10)13-12(15)7-11(14)8-16-13/h7-8,10H,3-6,9H2,1-2H3. The van der Waals surface area contributed by atoms with E-state index in [2.05, 4.69) is 44.8 Å². The molecule has 3 nitrogen and oxygen atoms in total. The van der Waals surface area contributed by atoms with Gasteiger partial charge in [-0.25, -0.2) is 4.98 Å². The number of aromatic nitrogens is 1. The van der Waals surface area contributed by atoms with Gasteiger partial charge in [0.05, 0.1) is 5.02 Å². The number of halogens is 2. The second-order valence-corrected chi connectivity index (χ2v) is 6.47. The molecule has 0 bridgehead atoms. The second kappa shape index (κ2) is 6.22. The van der Waals surface area contributed by atoms with E-state index >= 15 is 0 Å². The smallest absolute Gasteiger partial charge is 0.147 e. The Balaban J connectivity index is 1.97. The predicted octanol–water partition coefficient (Wildman–Crippen LogP) is 3.28. The fourth-order valence-electron chi connectivity index (χ4n) is 2.48. The fraction of sp³-hybridized carbons (Fsp3) is 0.615. The molecule has 0 atom stereocenters. The van der Waals surface area contributed by atoms with Gasteiger partial charge in [0.15, 0.2) is 0 Å². The monoisotopic (exact) mass is 331 g/mol. The Morgan fingerprint density at radius 1 is 1.44 bits per heavy atom. The highest BCUT2D eigenvalue weighted by Gasteiger charge is 2.21. The van der Waals surface area contributed by atoms with Crippen molar-refractivity contribution in [1.82, 2.24) is 9.88 Å². The third-order valence-electron chi connectivity index (χ3n) is 3.33. The van der Waals surface area contributed by atoms with Crippen molar-refractivity contribution in [3.8, 4) is 0 Å². The first-order chi connectivity index (χ1) is 8.56. The molecule has 0 spiro atoms.